The SMILES string of the molecule is CC(C)(CO)C(=O)OCOC(=O)CC(=O)c1cc2c(o1)C(=O)c1ccccc1C2=O. The smallest absolute Gasteiger partial charge is 0.316 e. The fraction of sp³-hybridized carbons (Fsp3) is 0.286. The molecule has 1 aliphatic carbocycles. The van der Waals surface area contributed by atoms with Gasteiger partial charge in [-0.3, -0.25) is 24.0 Å². The Bertz CT molecular complexity index is 1010. The molecule has 0 amide bonds. The molecule has 1 aromatic heterocycles. The van der Waals surface area contributed by atoms with Crippen molar-refractivity contribution in [1.29, 1.82) is 0 Å². The maximum absolute atomic E-state index is 12.5. The number of hydrogen-bond acceptors (Lipinski definition) is 9. The third-order valence-electron chi connectivity index (χ3n) is 4.54. The summed E-state index contributed by atoms with van der Waals surface area (Å²) in [5, 5.41) is 9.07. The Kier molecular flexibility index (Phi) is 5.66. The third-order valence-corrected chi connectivity index (χ3v) is 4.54. The highest BCUT2D eigenvalue weighted by atomic mass is 16.7. The van der Waals surface area contributed by atoms with Crippen LogP contribution in [0.15, 0.2) is 34.7 Å². The number of aliphatic hydroxyl groups is 1. The maximum atomic E-state index is 12.5. The maximum Gasteiger partial charge on any atom is 0.316 e. The van der Waals surface area contributed by atoms with Crippen LogP contribution < -0.4 is 0 Å². The van der Waals surface area contributed by atoms with Gasteiger partial charge in [0.15, 0.2) is 17.3 Å². The molecule has 0 saturated heterocycles. The number of hydrogen-bond donors (Lipinski definition) is 1. The Hall–Kier alpha value is -3.59. The van der Waals surface area contributed by atoms with Gasteiger partial charge in [0, 0.05) is 11.1 Å². The summed E-state index contributed by atoms with van der Waals surface area (Å²) in [6.07, 6.45) is -0.747. The molecule has 0 saturated carbocycles. The molecule has 1 N–H and O–H groups in total. The molecule has 30 heavy (non-hydrogen) atoms. The molecule has 1 aliphatic rings. The van der Waals surface area contributed by atoms with Gasteiger partial charge < -0.3 is 19.0 Å². The van der Waals surface area contributed by atoms with Crippen LogP contribution in [0.25, 0.3) is 0 Å². The second-order valence-corrected chi connectivity index (χ2v) is 7.27. The Morgan fingerprint density at radius 2 is 1.63 bits per heavy atom. The van der Waals surface area contributed by atoms with Gasteiger partial charge in [-0.25, -0.2) is 0 Å². The standard InChI is InChI=1S/C21H18O9/c1-21(2,9-22)20(27)29-10-28-16(24)8-14(23)15-7-13-17(25)11-5-3-4-6-12(11)18(26)19(13)30-15/h3-7,22H,8-10H2,1-2H3. The first-order chi connectivity index (χ1) is 14.2. The van der Waals surface area contributed by atoms with Gasteiger partial charge in [0.25, 0.3) is 0 Å². The van der Waals surface area contributed by atoms with E-state index < -0.39 is 54.5 Å². The Labute approximate surface area is 170 Å². The Morgan fingerprint density at radius 1 is 1.00 bits per heavy atom. The fourth-order valence-corrected chi connectivity index (χ4v) is 2.69. The summed E-state index contributed by atoms with van der Waals surface area (Å²) < 4.78 is 14.7. The Morgan fingerprint density at radius 3 is 2.27 bits per heavy atom. The zero-order valence-corrected chi connectivity index (χ0v) is 16.2. The highest BCUT2D eigenvalue weighted by Gasteiger charge is 2.35. The molecule has 0 bridgehead atoms. The second-order valence-electron chi connectivity index (χ2n) is 7.27. The van der Waals surface area contributed by atoms with Crippen LogP contribution in [0.3, 0.4) is 0 Å². The number of rotatable bonds is 7. The molecular weight excluding hydrogens is 396 g/mol. The van der Waals surface area contributed by atoms with Crippen LogP contribution in [0.2, 0.25) is 0 Å². The number of benzene rings is 1. The van der Waals surface area contributed by atoms with Crippen molar-refractivity contribution >= 4 is 29.3 Å². The number of carbonyl (C=O) groups excluding carboxylic acids is 5. The monoisotopic (exact) mass is 414 g/mol. The summed E-state index contributed by atoms with van der Waals surface area (Å²) in [4.78, 5) is 60.8. The largest absolute Gasteiger partial charge is 0.449 e. The van der Waals surface area contributed by atoms with Gasteiger partial charge in [-0.15, -0.1) is 0 Å². The first-order valence-corrected chi connectivity index (χ1v) is 8.95. The van der Waals surface area contributed by atoms with E-state index in [1.165, 1.54) is 26.0 Å². The number of aliphatic hydroxyl groups excluding tert-OH is 1. The quantitative estimate of drug-likeness (QED) is 0.265. The lowest BCUT2D eigenvalue weighted by Crippen LogP contribution is -2.31. The van der Waals surface area contributed by atoms with Gasteiger partial charge in [0.05, 0.1) is 17.6 Å². The van der Waals surface area contributed by atoms with Crippen LogP contribution in [0.5, 0.6) is 0 Å². The second kappa shape index (κ2) is 8.03. The molecule has 1 heterocycles. The van der Waals surface area contributed by atoms with E-state index in [1.54, 1.807) is 12.1 Å². The molecule has 0 aliphatic heterocycles. The van der Waals surface area contributed by atoms with Crippen molar-refractivity contribution in [2.75, 3.05) is 13.4 Å². The summed E-state index contributed by atoms with van der Waals surface area (Å²) >= 11 is 0. The molecular formula is C21H18O9. The van der Waals surface area contributed by atoms with Gasteiger partial charge in [-0.1, -0.05) is 24.3 Å². The van der Waals surface area contributed by atoms with E-state index in [2.05, 4.69) is 4.74 Å². The summed E-state index contributed by atoms with van der Waals surface area (Å²) in [7, 11) is 0. The molecule has 2 aromatic rings. The molecule has 0 atom stereocenters. The average Bonchev–Trinajstić information content (AvgIpc) is 3.18. The van der Waals surface area contributed by atoms with E-state index in [4.69, 9.17) is 14.3 Å². The number of ketones is 3. The minimum absolute atomic E-state index is 0.0458. The lowest BCUT2D eigenvalue weighted by molar-refractivity contribution is -0.174. The van der Waals surface area contributed by atoms with Crippen LogP contribution in [-0.4, -0.2) is 47.8 Å². The van der Waals surface area contributed by atoms with Crippen molar-refractivity contribution in [2.24, 2.45) is 5.41 Å². The summed E-state index contributed by atoms with van der Waals surface area (Å²) in [6.45, 7) is 1.71. The lowest BCUT2D eigenvalue weighted by atomic mass is 9.88. The highest BCUT2D eigenvalue weighted by Crippen LogP contribution is 2.30. The normalized spacial score (nSPS) is 12.8. The number of furan rings is 1. The zero-order chi connectivity index (χ0) is 22.1. The van der Waals surface area contributed by atoms with Crippen molar-refractivity contribution in [3.05, 3.63) is 58.5 Å². The number of Topliss-reactive ketones (excluding diaryl/α,β-unsaturated/α-hetero) is 1. The van der Waals surface area contributed by atoms with E-state index in [0.29, 0.717) is 0 Å². The average molecular weight is 414 g/mol. The molecule has 9 nitrogen and oxygen atoms in total. The molecule has 0 unspecified atom stereocenters. The van der Waals surface area contributed by atoms with Crippen LogP contribution in [-0.2, 0) is 19.1 Å². The van der Waals surface area contributed by atoms with Crippen molar-refractivity contribution in [3.8, 4) is 0 Å². The first kappa shape index (κ1) is 21.1. The first-order valence-electron chi connectivity index (χ1n) is 8.95. The van der Waals surface area contributed by atoms with E-state index in [0.717, 1.165) is 6.07 Å². The summed E-state index contributed by atoms with van der Waals surface area (Å²) in [5.74, 6) is -4.14. The minimum Gasteiger partial charge on any atom is -0.449 e. The predicted octanol–water partition coefficient (Wildman–Crippen LogP) is 1.69. The zero-order valence-electron chi connectivity index (χ0n) is 16.2. The van der Waals surface area contributed by atoms with Crippen molar-refractivity contribution < 1.29 is 43.0 Å². The lowest BCUT2D eigenvalue weighted by Gasteiger charge is -2.18. The molecule has 0 radical (unpaired) electrons. The molecule has 0 spiro atoms. The molecule has 1 aromatic carbocycles. The van der Waals surface area contributed by atoms with Crippen LogP contribution >= 0.6 is 0 Å². The van der Waals surface area contributed by atoms with E-state index in [1.807, 2.05) is 0 Å². The number of fused-ring (bicyclic) bond motifs is 2. The number of esters is 2. The Balaban J connectivity index is 1.64. The molecule has 0 fully saturated rings. The van der Waals surface area contributed by atoms with Gasteiger partial charge in [-0.05, 0) is 19.9 Å². The fourth-order valence-electron chi connectivity index (χ4n) is 2.69. The van der Waals surface area contributed by atoms with Crippen molar-refractivity contribution in [1.82, 2.24) is 0 Å². The third kappa shape index (κ3) is 3.92. The molecule has 3 rings (SSSR count). The minimum atomic E-state index is -1.16. The predicted molar refractivity (Wildman–Crippen MR) is 98.9 cm³/mol. The summed E-state index contributed by atoms with van der Waals surface area (Å²) in [6, 6.07) is 7.34. The van der Waals surface area contributed by atoms with Gasteiger partial charge in [0.1, 0.15) is 6.42 Å². The van der Waals surface area contributed by atoms with E-state index in [9.17, 15) is 24.0 Å². The molecule has 156 valence electrons. The highest BCUT2D eigenvalue weighted by molar-refractivity contribution is 6.28. The van der Waals surface area contributed by atoms with E-state index >= 15 is 0 Å². The van der Waals surface area contributed by atoms with Crippen molar-refractivity contribution in [2.45, 2.75) is 20.3 Å². The van der Waals surface area contributed by atoms with E-state index in [-0.39, 0.29) is 28.2 Å². The molecule has 9 heteroatoms. The topological polar surface area (TPSA) is 137 Å². The number of ether oxygens (including phenoxy) is 2. The summed E-state index contributed by atoms with van der Waals surface area (Å²) in [5.41, 5.74) is -0.820. The van der Waals surface area contributed by atoms with Gasteiger partial charge in [-0.2, -0.15) is 0 Å². The van der Waals surface area contributed by atoms with Gasteiger partial charge >= 0.3 is 11.9 Å². The number of carbonyl (C=O) groups is 5. The van der Waals surface area contributed by atoms with Crippen LogP contribution in [0, 0.1) is 5.41 Å². The van der Waals surface area contributed by atoms with Gasteiger partial charge in [0.2, 0.25) is 18.4 Å². The van der Waals surface area contributed by atoms with Crippen LogP contribution in [0.4, 0.5) is 0 Å². The van der Waals surface area contributed by atoms with Crippen molar-refractivity contribution in [3.63, 3.8) is 0 Å². The van der Waals surface area contributed by atoms with Crippen LogP contribution in [0.1, 0.15) is 62.9 Å².